The van der Waals surface area contributed by atoms with E-state index in [1.807, 2.05) is 4.90 Å². The number of carbonyl (C=O) groups excluding carboxylic acids is 1. The van der Waals surface area contributed by atoms with Crippen molar-refractivity contribution in [1.29, 1.82) is 5.26 Å². The highest BCUT2D eigenvalue weighted by Crippen LogP contribution is 2.23. The van der Waals surface area contributed by atoms with Crippen molar-refractivity contribution in [3.63, 3.8) is 0 Å². The van der Waals surface area contributed by atoms with Gasteiger partial charge in [-0.1, -0.05) is 20.8 Å². The molecule has 0 aliphatic carbocycles. The number of likely N-dealkylation sites (tertiary alicyclic amines) is 1. The lowest BCUT2D eigenvalue weighted by Crippen LogP contribution is -2.41. The molecule has 1 amide bonds. The molecule has 1 aliphatic heterocycles. The van der Waals surface area contributed by atoms with Crippen LogP contribution in [0.2, 0.25) is 0 Å². The number of amides is 1. The zero-order valence-electron chi connectivity index (χ0n) is 13.8. The van der Waals surface area contributed by atoms with Crippen molar-refractivity contribution >= 4 is 11.6 Å². The second-order valence-corrected chi connectivity index (χ2v) is 6.81. The summed E-state index contributed by atoms with van der Waals surface area (Å²) in [5, 5.41) is 9.30. The lowest BCUT2D eigenvalue weighted by atomic mass is 10.0. The average molecular weight is 302 g/mol. The molecule has 5 heteroatoms. The summed E-state index contributed by atoms with van der Waals surface area (Å²) < 4.78 is 1.80. The molecule has 1 aromatic heterocycles. The molecule has 120 valence electrons. The molecule has 0 bridgehead atoms. The maximum atomic E-state index is 12.6. The standard InChI is InChI=1S/C17H26N4O/c1-12(2)7-16-15(19)8-14(9-18)21(16)11-17(22)20-6-4-5-13(3)10-20/h8,12-13H,4-7,10-11,19H2,1-3H3/t13-/m1/s1. The second kappa shape index (κ2) is 6.87. The third kappa shape index (κ3) is 3.62. The molecule has 22 heavy (non-hydrogen) atoms. The Bertz CT molecular complexity index is 582. The second-order valence-electron chi connectivity index (χ2n) is 6.81. The number of nitriles is 1. The van der Waals surface area contributed by atoms with Crippen LogP contribution < -0.4 is 5.73 Å². The first-order chi connectivity index (χ1) is 10.4. The van der Waals surface area contributed by atoms with Crippen LogP contribution in [0.5, 0.6) is 0 Å². The van der Waals surface area contributed by atoms with Gasteiger partial charge in [0.25, 0.3) is 0 Å². The van der Waals surface area contributed by atoms with E-state index in [0.717, 1.165) is 31.6 Å². The topological polar surface area (TPSA) is 75.0 Å². The van der Waals surface area contributed by atoms with E-state index >= 15 is 0 Å². The van der Waals surface area contributed by atoms with E-state index in [-0.39, 0.29) is 12.5 Å². The fourth-order valence-corrected chi connectivity index (χ4v) is 3.15. The van der Waals surface area contributed by atoms with Crippen LogP contribution in [0.4, 0.5) is 5.69 Å². The average Bonchev–Trinajstić information content (AvgIpc) is 2.75. The van der Waals surface area contributed by atoms with Crippen LogP contribution in [0.25, 0.3) is 0 Å². The first-order valence-electron chi connectivity index (χ1n) is 8.08. The van der Waals surface area contributed by atoms with E-state index in [9.17, 15) is 10.1 Å². The van der Waals surface area contributed by atoms with Crippen LogP contribution in [0.1, 0.15) is 45.0 Å². The Balaban J connectivity index is 2.20. The van der Waals surface area contributed by atoms with Crippen molar-refractivity contribution in [2.45, 2.75) is 46.6 Å². The van der Waals surface area contributed by atoms with Crippen molar-refractivity contribution in [1.82, 2.24) is 9.47 Å². The van der Waals surface area contributed by atoms with Gasteiger partial charge in [0.05, 0.1) is 5.69 Å². The van der Waals surface area contributed by atoms with Crippen LogP contribution in [-0.2, 0) is 17.8 Å². The maximum absolute atomic E-state index is 12.6. The van der Waals surface area contributed by atoms with E-state index in [2.05, 4.69) is 26.8 Å². The highest BCUT2D eigenvalue weighted by molar-refractivity contribution is 5.77. The highest BCUT2D eigenvalue weighted by Gasteiger charge is 2.23. The van der Waals surface area contributed by atoms with Gasteiger partial charge in [0, 0.05) is 18.8 Å². The van der Waals surface area contributed by atoms with E-state index < -0.39 is 0 Å². The van der Waals surface area contributed by atoms with Crippen LogP contribution in [0.3, 0.4) is 0 Å². The Kier molecular flexibility index (Phi) is 5.12. The number of nitrogens with two attached hydrogens (primary N) is 1. The van der Waals surface area contributed by atoms with E-state index in [1.54, 1.807) is 10.6 Å². The van der Waals surface area contributed by atoms with Crippen molar-refractivity contribution in [2.24, 2.45) is 11.8 Å². The first kappa shape index (κ1) is 16.4. The summed E-state index contributed by atoms with van der Waals surface area (Å²) in [6.45, 7) is 8.25. The molecule has 1 saturated heterocycles. The van der Waals surface area contributed by atoms with E-state index in [0.29, 0.717) is 23.2 Å². The van der Waals surface area contributed by atoms with Gasteiger partial charge in [-0.3, -0.25) is 4.79 Å². The minimum absolute atomic E-state index is 0.0867. The Labute approximate surface area is 132 Å². The lowest BCUT2D eigenvalue weighted by Gasteiger charge is -2.31. The quantitative estimate of drug-likeness (QED) is 0.928. The Morgan fingerprint density at radius 2 is 2.27 bits per heavy atom. The number of anilines is 1. The van der Waals surface area contributed by atoms with Gasteiger partial charge in [-0.15, -0.1) is 0 Å². The number of carbonyl (C=O) groups is 1. The van der Waals surface area contributed by atoms with Crippen molar-refractivity contribution in [2.75, 3.05) is 18.8 Å². The van der Waals surface area contributed by atoms with Gasteiger partial charge in [-0.25, -0.2) is 0 Å². The number of nitrogen functional groups attached to an aromatic ring is 1. The van der Waals surface area contributed by atoms with Crippen LogP contribution in [0.15, 0.2) is 6.07 Å². The SMILES string of the molecule is CC(C)Cc1c(N)cc(C#N)n1CC(=O)N1CCC[C@@H](C)C1. The van der Waals surface area contributed by atoms with Crippen LogP contribution in [0, 0.1) is 23.2 Å². The van der Waals surface area contributed by atoms with Gasteiger partial charge >= 0.3 is 0 Å². The normalized spacial score (nSPS) is 18.5. The number of rotatable bonds is 4. The van der Waals surface area contributed by atoms with Crippen molar-refractivity contribution in [3.8, 4) is 6.07 Å². The van der Waals surface area contributed by atoms with Gasteiger partial charge < -0.3 is 15.2 Å². The van der Waals surface area contributed by atoms with Crippen LogP contribution in [-0.4, -0.2) is 28.5 Å². The predicted octanol–water partition coefficient (Wildman–Crippen LogP) is 2.40. The molecule has 2 N–H and O–H groups in total. The summed E-state index contributed by atoms with van der Waals surface area (Å²) in [6, 6.07) is 3.84. The third-order valence-corrected chi connectivity index (χ3v) is 4.26. The number of hydrogen-bond acceptors (Lipinski definition) is 3. The minimum atomic E-state index is 0.0867. The Morgan fingerprint density at radius 3 is 2.86 bits per heavy atom. The molecular formula is C17H26N4O. The molecule has 2 heterocycles. The predicted molar refractivity (Wildman–Crippen MR) is 87.1 cm³/mol. The summed E-state index contributed by atoms with van der Waals surface area (Å²) >= 11 is 0. The van der Waals surface area contributed by atoms with Gasteiger partial charge in [0.1, 0.15) is 18.3 Å². The first-order valence-corrected chi connectivity index (χ1v) is 8.08. The molecule has 5 nitrogen and oxygen atoms in total. The summed E-state index contributed by atoms with van der Waals surface area (Å²) in [7, 11) is 0. The summed E-state index contributed by atoms with van der Waals surface area (Å²) in [4.78, 5) is 14.5. The van der Waals surface area contributed by atoms with Crippen LogP contribution >= 0.6 is 0 Å². The molecule has 0 radical (unpaired) electrons. The van der Waals surface area contributed by atoms with Gasteiger partial charge in [0.2, 0.25) is 5.91 Å². The zero-order valence-corrected chi connectivity index (χ0v) is 13.8. The number of piperidine rings is 1. The smallest absolute Gasteiger partial charge is 0.242 e. The molecule has 1 aliphatic rings. The highest BCUT2D eigenvalue weighted by atomic mass is 16.2. The van der Waals surface area contributed by atoms with E-state index in [4.69, 9.17) is 5.73 Å². The molecule has 0 unspecified atom stereocenters. The Hall–Kier alpha value is -1.96. The fraction of sp³-hybridized carbons (Fsp3) is 0.647. The summed E-state index contributed by atoms with van der Waals surface area (Å²) in [5.41, 5.74) is 8.05. The molecule has 0 spiro atoms. The number of hydrogen-bond donors (Lipinski definition) is 1. The minimum Gasteiger partial charge on any atom is -0.397 e. The van der Waals surface area contributed by atoms with Gasteiger partial charge in [-0.2, -0.15) is 5.26 Å². The molecule has 1 atom stereocenters. The maximum Gasteiger partial charge on any atom is 0.242 e. The van der Waals surface area contributed by atoms with Gasteiger partial charge in [-0.05, 0) is 37.2 Å². The molecule has 1 fully saturated rings. The number of aromatic nitrogens is 1. The van der Waals surface area contributed by atoms with Crippen molar-refractivity contribution in [3.05, 3.63) is 17.5 Å². The molecule has 2 rings (SSSR count). The van der Waals surface area contributed by atoms with E-state index in [1.165, 1.54) is 6.42 Å². The van der Waals surface area contributed by atoms with Crippen molar-refractivity contribution < 1.29 is 4.79 Å². The molecule has 0 saturated carbocycles. The number of nitrogens with zero attached hydrogens (tertiary/aromatic N) is 3. The zero-order chi connectivity index (χ0) is 16.3. The Morgan fingerprint density at radius 1 is 1.55 bits per heavy atom. The lowest BCUT2D eigenvalue weighted by molar-refractivity contribution is -0.133. The van der Waals surface area contributed by atoms with Gasteiger partial charge in [0.15, 0.2) is 0 Å². The fourth-order valence-electron chi connectivity index (χ4n) is 3.15. The molecule has 0 aromatic carbocycles. The third-order valence-electron chi connectivity index (χ3n) is 4.26. The largest absolute Gasteiger partial charge is 0.397 e. The summed E-state index contributed by atoms with van der Waals surface area (Å²) in [5.74, 6) is 1.06. The molecular weight excluding hydrogens is 276 g/mol. The monoisotopic (exact) mass is 302 g/mol. The summed E-state index contributed by atoms with van der Waals surface area (Å²) in [6.07, 6.45) is 3.02. The molecule has 1 aromatic rings.